The SMILES string of the molecule is Clc1ccc(OCCCSc2nnc(NCC3CCCO3)s2)cc1. The Morgan fingerprint density at radius 3 is 3.00 bits per heavy atom. The van der Waals surface area contributed by atoms with Gasteiger partial charge in [0.2, 0.25) is 5.13 Å². The number of rotatable bonds is 9. The van der Waals surface area contributed by atoms with Crippen LogP contribution in [0.15, 0.2) is 28.6 Å². The molecule has 1 aliphatic heterocycles. The standard InChI is InChI=1S/C16H20ClN3O2S2/c17-12-4-6-13(7-5-12)21-9-2-10-23-16-20-19-15(24-16)18-11-14-3-1-8-22-14/h4-7,14H,1-3,8-11H2,(H,18,19). The van der Waals surface area contributed by atoms with E-state index in [-0.39, 0.29) is 0 Å². The van der Waals surface area contributed by atoms with Gasteiger partial charge in [0.15, 0.2) is 4.34 Å². The molecule has 1 aliphatic rings. The van der Waals surface area contributed by atoms with Crippen molar-refractivity contribution in [2.45, 2.75) is 29.7 Å². The zero-order chi connectivity index (χ0) is 16.6. The second-order valence-corrected chi connectivity index (χ2v) is 8.15. The molecule has 24 heavy (non-hydrogen) atoms. The van der Waals surface area contributed by atoms with E-state index in [2.05, 4.69) is 15.5 Å². The molecule has 1 N–H and O–H groups in total. The third-order valence-corrected chi connectivity index (χ3v) is 5.86. The summed E-state index contributed by atoms with van der Waals surface area (Å²) in [5.41, 5.74) is 0. The van der Waals surface area contributed by atoms with Crippen molar-refractivity contribution in [1.82, 2.24) is 10.2 Å². The van der Waals surface area contributed by atoms with Gasteiger partial charge in [0, 0.05) is 23.9 Å². The smallest absolute Gasteiger partial charge is 0.206 e. The molecule has 0 amide bonds. The highest BCUT2D eigenvalue weighted by Crippen LogP contribution is 2.26. The molecule has 8 heteroatoms. The molecule has 0 aliphatic carbocycles. The van der Waals surface area contributed by atoms with E-state index in [1.54, 1.807) is 23.1 Å². The quantitative estimate of drug-likeness (QED) is 0.511. The van der Waals surface area contributed by atoms with Crippen LogP contribution in [0, 0.1) is 0 Å². The van der Waals surface area contributed by atoms with Crippen LogP contribution >= 0.6 is 34.7 Å². The lowest BCUT2D eigenvalue weighted by molar-refractivity contribution is 0.120. The van der Waals surface area contributed by atoms with Crippen molar-refractivity contribution in [3.05, 3.63) is 29.3 Å². The molecule has 0 radical (unpaired) electrons. The summed E-state index contributed by atoms with van der Waals surface area (Å²) < 4.78 is 12.2. The Labute approximate surface area is 155 Å². The van der Waals surface area contributed by atoms with Crippen molar-refractivity contribution in [3.63, 3.8) is 0 Å². The molecule has 1 unspecified atom stereocenters. The highest BCUT2D eigenvalue weighted by atomic mass is 35.5. The van der Waals surface area contributed by atoms with Gasteiger partial charge < -0.3 is 14.8 Å². The van der Waals surface area contributed by atoms with E-state index in [0.717, 1.165) is 58.4 Å². The van der Waals surface area contributed by atoms with E-state index in [9.17, 15) is 0 Å². The van der Waals surface area contributed by atoms with Gasteiger partial charge in [-0.05, 0) is 43.5 Å². The maximum absolute atomic E-state index is 5.84. The second kappa shape index (κ2) is 9.46. The van der Waals surface area contributed by atoms with Crippen LogP contribution < -0.4 is 10.1 Å². The summed E-state index contributed by atoms with van der Waals surface area (Å²) in [5.74, 6) is 1.80. The van der Waals surface area contributed by atoms with Gasteiger partial charge in [0.1, 0.15) is 5.75 Å². The monoisotopic (exact) mass is 385 g/mol. The van der Waals surface area contributed by atoms with Crippen LogP contribution in [-0.4, -0.2) is 41.8 Å². The molecule has 1 saturated heterocycles. The molecule has 3 rings (SSSR count). The van der Waals surface area contributed by atoms with E-state index in [1.165, 1.54) is 0 Å². The average Bonchev–Trinajstić information content (AvgIpc) is 3.26. The minimum Gasteiger partial charge on any atom is -0.494 e. The van der Waals surface area contributed by atoms with E-state index in [1.807, 2.05) is 24.3 Å². The maximum atomic E-state index is 5.84. The predicted octanol–water partition coefficient (Wildman–Crippen LogP) is 4.34. The number of hydrogen-bond donors (Lipinski definition) is 1. The first-order valence-corrected chi connectivity index (χ1v) is 10.2. The first-order valence-electron chi connectivity index (χ1n) is 8.00. The Kier molecular flexibility index (Phi) is 7.01. The first kappa shape index (κ1) is 17.8. The molecule has 1 aromatic carbocycles. The number of nitrogens with one attached hydrogen (secondary N) is 1. The van der Waals surface area contributed by atoms with Gasteiger partial charge >= 0.3 is 0 Å². The van der Waals surface area contributed by atoms with Crippen LogP contribution in [0.1, 0.15) is 19.3 Å². The number of aromatic nitrogens is 2. The Morgan fingerprint density at radius 1 is 1.33 bits per heavy atom. The summed E-state index contributed by atoms with van der Waals surface area (Å²) >= 11 is 9.14. The molecule has 0 saturated carbocycles. The summed E-state index contributed by atoms with van der Waals surface area (Å²) in [7, 11) is 0. The Balaban J connectivity index is 1.29. The summed E-state index contributed by atoms with van der Waals surface area (Å²) in [5, 5.41) is 13.3. The maximum Gasteiger partial charge on any atom is 0.206 e. The number of ether oxygens (including phenoxy) is 2. The number of benzene rings is 1. The Morgan fingerprint density at radius 2 is 2.21 bits per heavy atom. The van der Waals surface area contributed by atoms with Crippen molar-refractivity contribution in [2.24, 2.45) is 0 Å². The van der Waals surface area contributed by atoms with Crippen molar-refractivity contribution in [3.8, 4) is 5.75 Å². The van der Waals surface area contributed by atoms with E-state index in [0.29, 0.717) is 12.7 Å². The lowest BCUT2D eigenvalue weighted by Gasteiger charge is -2.08. The van der Waals surface area contributed by atoms with Gasteiger partial charge in [-0.1, -0.05) is 34.7 Å². The van der Waals surface area contributed by atoms with E-state index in [4.69, 9.17) is 21.1 Å². The van der Waals surface area contributed by atoms with Crippen molar-refractivity contribution in [1.29, 1.82) is 0 Å². The third kappa shape index (κ3) is 5.81. The lowest BCUT2D eigenvalue weighted by atomic mass is 10.2. The normalized spacial score (nSPS) is 17.1. The zero-order valence-corrected chi connectivity index (χ0v) is 15.6. The largest absolute Gasteiger partial charge is 0.494 e. The fourth-order valence-corrected chi connectivity index (χ4v) is 4.15. The van der Waals surface area contributed by atoms with Crippen LogP contribution in [0.3, 0.4) is 0 Å². The highest BCUT2D eigenvalue weighted by Gasteiger charge is 2.15. The van der Waals surface area contributed by atoms with E-state index >= 15 is 0 Å². The molecule has 1 fully saturated rings. The van der Waals surface area contributed by atoms with E-state index < -0.39 is 0 Å². The van der Waals surface area contributed by atoms with Crippen LogP contribution in [0.2, 0.25) is 5.02 Å². The number of anilines is 1. The van der Waals surface area contributed by atoms with Gasteiger partial charge in [0.25, 0.3) is 0 Å². The minimum absolute atomic E-state index is 0.315. The molecule has 0 spiro atoms. The summed E-state index contributed by atoms with van der Waals surface area (Å²) in [4.78, 5) is 0. The minimum atomic E-state index is 0.315. The summed E-state index contributed by atoms with van der Waals surface area (Å²) in [6, 6.07) is 7.43. The summed E-state index contributed by atoms with van der Waals surface area (Å²) in [6.07, 6.45) is 3.55. The van der Waals surface area contributed by atoms with Gasteiger partial charge in [-0.2, -0.15) is 0 Å². The number of nitrogens with zero attached hydrogens (tertiary/aromatic N) is 2. The van der Waals surface area contributed by atoms with Crippen LogP contribution in [0.4, 0.5) is 5.13 Å². The molecule has 1 atom stereocenters. The number of thioether (sulfide) groups is 1. The first-order chi connectivity index (χ1) is 11.8. The van der Waals surface area contributed by atoms with Crippen molar-refractivity contribution in [2.75, 3.05) is 30.8 Å². The molecular formula is C16H20ClN3O2S2. The van der Waals surface area contributed by atoms with Crippen LogP contribution in [0.25, 0.3) is 0 Å². The van der Waals surface area contributed by atoms with Gasteiger partial charge in [-0.25, -0.2) is 0 Å². The topological polar surface area (TPSA) is 56.3 Å². The van der Waals surface area contributed by atoms with Crippen molar-refractivity contribution < 1.29 is 9.47 Å². The number of halogens is 1. The molecule has 2 aromatic rings. The second-order valence-electron chi connectivity index (χ2n) is 5.39. The summed E-state index contributed by atoms with van der Waals surface area (Å²) in [6.45, 7) is 2.37. The van der Waals surface area contributed by atoms with Crippen molar-refractivity contribution >= 4 is 39.8 Å². The van der Waals surface area contributed by atoms with Gasteiger partial charge in [-0.3, -0.25) is 0 Å². The fraction of sp³-hybridized carbons (Fsp3) is 0.500. The highest BCUT2D eigenvalue weighted by molar-refractivity contribution is 8.01. The molecule has 1 aromatic heterocycles. The zero-order valence-electron chi connectivity index (χ0n) is 13.2. The Hall–Kier alpha value is -1.02. The van der Waals surface area contributed by atoms with Crippen LogP contribution in [-0.2, 0) is 4.74 Å². The predicted molar refractivity (Wildman–Crippen MR) is 99.7 cm³/mol. The fourth-order valence-electron chi connectivity index (χ4n) is 2.29. The third-order valence-electron chi connectivity index (χ3n) is 3.51. The molecule has 130 valence electrons. The molecular weight excluding hydrogens is 366 g/mol. The van der Waals surface area contributed by atoms with Gasteiger partial charge in [-0.15, -0.1) is 10.2 Å². The lowest BCUT2D eigenvalue weighted by Crippen LogP contribution is -2.18. The van der Waals surface area contributed by atoms with Crippen LogP contribution in [0.5, 0.6) is 5.75 Å². The van der Waals surface area contributed by atoms with Gasteiger partial charge in [0.05, 0.1) is 12.7 Å². The Bertz CT molecular complexity index is 618. The average molecular weight is 386 g/mol. The molecule has 0 bridgehead atoms. The molecule has 2 heterocycles. The number of hydrogen-bond acceptors (Lipinski definition) is 7. The molecule has 5 nitrogen and oxygen atoms in total.